The lowest BCUT2D eigenvalue weighted by molar-refractivity contribution is -0.114. The van der Waals surface area contributed by atoms with Gasteiger partial charge in [0.1, 0.15) is 0 Å². The van der Waals surface area contributed by atoms with E-state index in [-0.39, 0.29) is 17.6 Å². The zero-order chi connectivity index (χ0) is 26.4. The number of anilines is 2. The first-order valence-electron chi connectivity index (χ1n) is 11.6. The van der Waals surface area contributed by atoms with Crippen LogP contribution in [0.3, 0.4) is 0 Å². The quantitative estimate of drug-likeness (QED) is 0.268. The number of hydrogen-bond acceptors (Lipinski definition) is 6. The largest absolute Gasteiger partial charge is 0.353 e. The molecule has 1 atom stereocenters. The molecule has 3 aromatic rings. The summed E-state index contributed by atoms with van der Waals surface area (Å²) in [5.41, 5.74) is 4.05. The molecule has 1 unspecified atom stereocenters. The van der Waals surface area contributed by atoms with Crippen LogP contribution in [0.5, 0.6) is 0 Å². The zero-order valence-electron chi connectivity index (χ0n) is 20.3. The van der Waals surface area contributed by atoms with Crippen LogP contribution < -0.4 is 16.0 Å². The number of halogens is 1. The Labute approximate surface area is 233 Å². The summed E-state index contributed by atoms with van der Waals surface area (Å²) in [5, 5.41) is 21.8. The lowest BCUT2D eigenvalue weighted by atomic mass is 9.86. The number of carbonyl (C=O) groups excluding carboxylic acids is 2. The molecule has 6 nitrogen and oxygen atoms in total. The fourth-order valence-corrected chi connectivity index (χ4v) is 6.64. The highest BCUT2D eigenvalue weighted by Crippen LogP contribution is 2.45. The van der Waals surface area contributed by atoms with Crippen LogP contribution in [0, 0.1) is 11.3 Å². The van der Waals surface area contributed by atoms with Gasteiger partial charge in [-0.15, -0.1) is 11.3 Å². The molecule has 0 spiro atoms. The maximum Gasteiger partial charge on any atom is 0.254 e. The highest BCUT2D eigenvalue weighted by Gasteiger charge is 2.36. The third-order valence-corrected chi connectivity index (χ3v) is 8.75. The Balaban J connectivity index is 1.60. The Bertz CT molecular complexity index is 1420. The van der Waals surface area contributed by atoms with Crippen LogP contribution in [0.2, 0.25) is 0 Å². The number of allylic oxidation sites excluding steroid dienone is 2. The number of aryl methyl sites for hydroxylation is 1. The maximum absolute atomic E-state index is 13.5. The molecule has 0 aliphatic carbocycles. The van der Waals surface area contributed by atoms with E-state index in [4.69, 9.17) is 0 Å². The molecular weight excluding hydrogens is 568 g/mol. The van der Waals surface area contributed by atoms with Crippen LogP contribution in [0.15, 0.2) is 92.4 Å². The molecule has 0 fully saturated rings. The van der Waals surface area contributed by atoms with Gasteiger partial charge in [0.15, 0.2) is 0 Å². The fraction of sp³-hybridized carbons (Fsp3) is 0.179. The second-order valence-electron chi connectivity index (χ2n) is 8.30. The van der Waals surface area contributed by atoms with E-state index in [0.29, 0.717) is 27.6 Å². The summed E-state index contributed by atoms with van der Waals surface area (Å²) >= 11 is 6.31. The van der Waals surface area contributed by atoms with Crippen molar-refractivity contribution >= 4 is 62.2 Å². The number of rotatable bonds is 8. The van der Waals surface area contributed by atoms with Crippen molar-refractivity contribution in [3.63, 3.8) is 0 Å². The molecule has 188 valence electrons. The monoisotopic (exact) mass is 592 g/mol. The molecule has 2 amide bonds. The van der Waals surface area contributed by atoms with Gasteiger partial charge in [0.05, 0.1) is 28.3 Å². The number of hydrogen-bond donors (Lipinski definition) is 3. The standard InChI is InChI=1S/C28H25BrN4O2S2/c1-3-18-8-7-11-20(14-18)32-23(34)16-37-28-21(15-30)25(26-22(29)12-13-36-26)24(17(2)31-28)27(35)33-19-9-5-4-6-10-19/h4-14,25,31H,3,16H2,1-2H3,(H,32,34)(H,33,35). The molecule has 37 heavy (non-hydrogen) atoms. The van der Waals surface area contributed by atoms with Crippen LogP contribution in [0.1, 0.15) is 30.2 Å². The van der Waals surface area contributed by atoms with E-state index < -0.39 is 5.92 Å². The van der Waals surface area contributed by atoms with Crippen molar-refractivity contribution in [1.29, 1.82) is 5.26 Å². The van der Waals surface area contributed by atoms with Crippen LogP contribution in [0.4, 0.5) is 11.4 Å². The predicted octanol–water partition coefficient (Wildman–Crippen LogP) is 6.78. The van der Waals surface area contributed by atoms with Crippen molar-refractivity contribution in [2.24, 2.45) is 0 Å². The van der Waals surface area contributed by atoms with E-state index in [1.54, 1.807) is 0 Å². The molecule has 4 rings (SSSR count). The smallest absolute Gasteiger partial charge is 0.254 e. The van der Waals surface area contributed by atoms with Gasteiger partial charge >= 0.3 is 0 Å². The normalized spacial score (nSPS) is 15.1. The Kier molecular flexibility index (Phi) is 8.87. The molecule has 0 bridgehead atoms. The highest BCUT2D eigenvalue weighted by atomic mass is 79.9. The fourth-order valence-electron chi connectivity index (χ4n) is 4.02. The lowest BCUT2D eigenvalue weighted by Crippen LogP contribution is -2.31. The summed E-state index contributed by atoms with van der Waals surface area (Å²) in [5.74, 6) is -0.919. The van der Waals surface area contributed by atoms with Crippen molar-refractivity contribution in [2.75, 3.05) is 16.4 Å². The number of nitriles is 1. The van der Waals surface area contributed by atoms with Crippen LogP contribution in [-0.2, 0) is 16.0 Å². The Morgan fingerprint density at radius 1 is 1.11 bits per heavy atom. The van der Waals surface area contributed by atoms with E-state index in [0.717, 1.165) is 27.0 Å². The summed E-state index contributed by atoms with van der Waals surface area (Å²) < 4.78 is 0.827. The minimum atomic E-state index is -0.573. The van der Waals surface area contributed by atoms with Gasteiger partial charge in [-0.05, 0) is 70.5 Å². The number of amides is 2. The van der Waals surface area contributed by atoms with Gasteiger partial charge in [0.25, 0.3) is 5.91 Å². The summed E-state index contributed by atoms with van der Waals surface area (Å²) in [6.07, 6.45) is 0.881. The number of nitrogens with one attached hydrogen (secondary N) is 3. The first-order chi connectivity index (χ1) is 17.9. The van der Waals surface area contributed by atoms with E-state index in [2.05, 4.69) is 44.9 Å². The number of dihydropyridines is 1. The molecule has 2 heterocycles. The Hall–Kier alpha value is -3.32. The molecule has 3 N–H and O–H groups in total. The van der Waals surface area contributed by atoms with Gasteiger partial charge in [-0.1, -0.05) is 49.0 Å². The van der Waals surface area contributed by atoms with Gasteiger partial charge < -0.3 is 16.0 Å². The number of benzene rings is 2. The zero-order valence-corrected chi connectivity index (χ0v) is 23.5. The summed E-state index contributed by atoms with van der Waals surface area (Å²) in [6, 6.07) is 21.2. The van der Waals surface area contributed by atoms with Gasteiger partial charge in [0, 0.05) is 32.0 Å². The third-order valence-electron chi connectivity index (χ3n) is 5.80. The summed E-state index contributed by atoms with van der Waals surface area (Å²) in [4.78, 5) is 27.0. The molecule has 2 aromatic carbocycles. The van der Waals surface area contributed by atoms with Crippen LogP contribution in [-0.4, -0.2) is 17.6 Å². The minimum absolute atomic E-state index is 0.112. The number of thioether (sulfide) groups is 1. The van der Waals surface area contributed by atoms with Crippen molar-refractivity contribution in [3.8, 4) is 6.07 Å². The van der Waals surface area contributed by atoms with Gasteiger partial charge in [-0.3, -0.25) is 9.59 Å². The first-order valence-corrected chi connectivity index (χ1v) is 14.3. The van der Waals surface area contributed by atoms with Crippen molar-refractivity contribution in [3.05, 3.63) is 103 Å². The molecule has 0 saturated carbocycles. The van der Waals surface area contributed by atoms with E-state index in [1.165, 1.54) is 23.1 Å². The topological polar surface area (TPSA) is 94.0 Å². The number of para-hydroxylation sites is 1. The van der Waals surface area contributed by atoms with E-state index in [1.807, 2.05) is 73.0 Å². The predicted molar refractivity (Wildman–Crippen MR) is 155 cm³/mol. The van der Waals surface area contributed by atoms with Crippen molar-refractivity contribution < 1.29 is 9.59 Å². The molecule has 1 aliphatic rings. The van der Waals surface area contributed by atoms with Gasteiger partial charge in [-0.2, -0.15) is 5.26 Å². The van der Waals surface area contributed by atoms with Crippen molar-refractivity contribution in [2.45, 2.75) is 26.2 Å². The number of carbonyl (C=O) groups is 2. The van der Waals surface area contributed by atoms with Crippen LogP contribution >= 0.6 is 39.0 Å². The number of nitrogens with zero attached hydrogens (tertiary/aromatic N) is 1. The molecule has 1 aromatic heterocycles. The summed E-state index contributed by atoms with van der Waals surface area (Å²) in [6.45, 7) is 3.88. The molecule has 0 saturated heterocycles. The Morgan fingerprint density at radius 3 is 2.54 bits per heavy atom. The SMILES string of the molecule is CCc1cccc(NC(=O)CSC2=C(C#N)C(c3sccc3Br)C(C(=O)Nc3ccccc3)=C(C)N2)c1. The minimum Gasteiger partial charge on any atom is -0.353 e. The second-order valence-corrected chi connectivity index (χ2v) is 11.1. The molecule has 9 heteroatoms. The third kappa shape index (κ3) is 6.34. The molecule has 1 aliphatic heterocycles. The summed E-state index contributed by atoms with van der Waals surface area (Å²) in [7, 11) is 0. The highest BCUT2D eigenvalue weighted by molar-refractivity contribution is 9.10. The van der Waals surface area contributed by atoms with Crippen LogP contribution in [0.25, 0.3) is 0 Å². The first kappa shape index (κ1) is 26.7. The molecular formula is C28H25BrN4O2S2. The lowest BCUT2D eigenvalue weighted by Gasteiger charge is -2.29. The van der Waals surface area contributed by atoms with Gasteiger partial charge in [-0.25, -0.2) is 0 Å². The van der Waals surface area contributed by atoms with Crippen molar-refractivity contribution in [1.82, 2.24) is 5.32 Å². The average molecular weight is 594 g/mol. The Morgan fingerprint density at radius 2 is 1.86 bits per heavy atom. The second kappa shape index (κ2) is 12.3. The van der Waals surface area contributed by atoms with E-state index >= 15 is 0 Å². The van der Waals surface area contributed by atoms with E-state index in [9.17, 15) is 14.9 Å². The maximum atomic E-state index is 13.5. The average Bonchev–Trinajstić information content (AvgIpc) is 3.32. The van der Waals surface area contributed by atoms with Gasteiger partial charge in [0.2, 0.25) is 5.91 Å². The molecule has 0 radical (unpaired) electrons. The number of thiophene rings is 1.